The molecule has 1 aliphatic rings. The molecule has 1 heterocycles. The summed E-state index contributed by atoms with van der Waals surface area (Å²) in [6, 6.07) is 23.3. The van der Waals surface area contributed by atoms with Crippen molar-refractivity contribution >= 4 is 79.5 Å². The molecule has 0 saturated carbocycles. The number of hydrogen-bond donors (Lipinski definition) is 3. The van der Waals surface area contributed by atoms with Crippen LogP contribution >= 0.6 is 39.0 Å². The third-order valence-electron chi connectivity index (χ3n) is 7.63. The second-order valence-corrected chi connectivity index (χ2v) is 14.3. The van der Waals surface area contributed by atoms with Gasteiger partial charge in [-0.1, -0.05) is 59.3 Å². The Morgan fingerprint density at radius 3 is 2.42 bits per heavy atom. The summed E-state index contributed by atoms with van der Waals surface area (Å²) in [5.41, 5.74) is 3.22. The minimum Gasteiger partial charge on any atom is -0.462 e. The van der Waals surface area contributed by atoms with Gasteiger partial charge in [-0.25, -0.2) is 4.79 Å². The van der Waals surface area contributed by atoms with Crippen molar-refractivity contribution in [1.82, 2.24) is 5.32 Å². The van der Waals surface area contributed by atoms with Gasteiger partial charge in [-0.05, 0) is 98.7 Å². The van der Waals surface area contributed by atoms with Crippen LogP contribution < -0.4 is 16.0 Å². The van der Waals surface area contributed by atoms with Gasteiger partial charge in [-0.15, -0.1) is 23.1 Å². The molecule has 0 saturated heterocycles. The Bertz CT molecular complexity index is 1820. The number of thioether (sulfide) groups is 1. The fourth-order valence-corrected chi connectivity index (χ4v) is 7.82. The number of hydrogen-bond acceptors (Lipinski definition) is 7. The summed E-state index contributed by atoms with van der Waals surface area (Å²) in [4.78, 5) is 54.9. The van der Waals surface area contributed by atoms with Crippen LogP contribution in [0, 0.1) is 0 Å². The van der Waals surface area contributed by atoms with Crippen molar-refractivity contribution < 1.29 is 23.9 Å². The number of esters is 1. The molecule has 11 heteroatoms. The van der Waals surface area contributed by atoms with Crippen molar-refractivity contribution in [1.29, 1.82) is 0 Å². The number of rotatable bonds is 12. The van der Waals surface area contributed by atoms with Crippen molar-refractivity contribution in [2.24, 2.45) is 0 Å². The molecule has 4 aromatic rings. The second kappa shape index (κ2) is 16.8. The van der Waals surface area contributed by atoms with Crippen molar-refractivity contribution in [3.05, 3.63) is 116 Å². The molecule has 1 aliphatic carbocycles. The minimum atomic E-state index is -0.498. The summed E-state index contributed by atoms with van der Waals surface area (Å²) in [5, 5.41) is 8.78. The number of aryl methyl sites for hydroxylation is 1. The highest BCUT2D eigenvalue weighted by atomic mass is 79.9. The fraction of sp³-hybridized carbons (Fsp3) is 0.243. The Labute approximate surface area is 296 Å². The molecule has 0 radical (unpaired) electrons. The summed E-state index contributed by atoms with van der Waals surface area (Å²) < 4.78 is 6.24. The molecule has 1 atom stereocenters. The van der Waals surface area contributed by atoms with Crippen molar-refractivity contribution in [3.63, 3.8) is 0 Å². The van der Waals surface area contributed by atoms with Crippen molar-refractivity contribution in [2.45, 2.75) is 56.1 Å². The molecule has 8 nitrogen and oxygen atoms in total. The summed E-state index contributed by atoms with van der Waals surface area (Å²) >= 11 is 6.26. The van der Waals surface area contributed by atoms with E-state index in [0.717, 1.165) is 51.1 Å². The van der Waals surface area contributed by atoms with Gasteiger partial charge in [0, 0.05) is 25.5 Å². The first-order chi connectivity index (χ1) is 23.2. The van der Waals surface area contributed by atoms with Crippen LogP contribution in [0.25, 0.3) is 6.08 Å². The van der Waals surface area contributed by atoms with E-state index in [1.165, 1.54) is 23.1 Å². The first kappa shape index (κ1) is 35.1. The van der Waals surface area contributed by atoms with E-state index in [-0.39, 0.29) is 18.2 Å². The number of halogens is 1. The average Bonchev–Trinajstić information content (AvgIpc) is 3.46. The van der Waals surface area contributed by atoms with E-state index in [1.54, 1.807) is 55.5 Å². The average molecular weight is 747 g/mol. The van der Waals surface area contributed by atoms with Gasteiger partial charge in [0.2, 0.25) is 5.91 Å². The molecule has 48 heavy (non-hydrogen) atoms. The predicted molar refractivity (Wildman–Crippen MR) is 197 cm³/mol. The molecular formula is C37H36BrN3O5S2. The van der Waals surface area contributed by atoms with Crippen LogP contribution in [0.3, 0.4) is 0 Å². The van der Waals surface area contributed by atoms with Gasteiger partial charge >= 0.3 is 5.97 Å². The third-order valence-corrected chi connectivity index (χ3v) is 10.7. The maximum atomic E-state index is 13.6. The fourth-order valence-electron chi connectivity index (χ4n) is 5.27. The van der Waals surface area contributed by atoms with Crippen LogP contribution in [0.2, 0.25) is 0 Å². The van der Waals surface area contributed by atoms with Gasteiger partial charge in [0.25, 0.3) is 11.8 Å². The second-order valence-electron chi connectivity index (χ2n) is 11.1. The molecule has 1 aromatic heterocycles. The van der Waals surface area contributed by atoms with Gasteiger partial charge in [0.15, 0.2) is 0 Å². The Balaban J connectivity index is 1.31. The predicted octanol–water partition coefficient (Wildman–Crippen LogP) is 8.49. The topological polar surface area (TPSA) is 114 Å². The van der Waals surface area contributed by atoms with E-state index < -0.39 is 23.0 Å². The Morgan fingerprint density at radius 1 is 0.938 bits per heavy atom. The molecule has 248 valence electrons. The van der Waals surface area contributed by atoms with Crippen LogP contribution in [-0.2, 0) is 27.2 Å². The van der Waals surface area contributed by atoms with E-state index in [2.05, 4.69) is 31.9 Å². The van der Waals surface area contributed by atoms with Crippen LogP contribution in [0.1, 0.15) is 69.8 Å². The first-order valence-corrected chi connectivity index (χ1v) is 18.3. The van der Waals surface area contributed by atoms with E-state index in [9.17, 15) is 19.2 Å². The summed E-state index contributed by atoms with van der Waals surface area (Å²) in [6.45, 7) is 3.97. The molecule has 0 bridgehead atoms. The lowest BCUT2D eigenvalue weighted by molar-refractivity contribution is -0.116. The number of amides is 3. The van der Waals surface area contributed by atoms with Crippen LogP contribution in [0.4, 0.5) is 10.7 Å². The van der Waals surface area contributed by atoms with Gasteiger partial charge < -0.3 is 20.7 Å². The standard InChI is InChI=1S/C37H36BrN3O5S2/c1-3-30(35(44)41-36-32(37(45)46-4-2)28-15-8-9-16-31(28)48-36)47-27-14-10-13-26(22-27)39-34(43)29(21-23-17-19-25(38)20-18-23)40-33(42)24-11-6-5-7-12-24/h5-7,10-14,17-22,30H,3-4,8-9,15-16H2,1-2H3,(H,39,43)(H,40,42)(H,41,44)/b29-21+. The number of carbonyl (C=O) groups is 4. The van der Waals surface area contributed by atoms with E-state index in [0.29, 0.717) is 28.2 Å². The number of benzene rings is 3. The zero-order valence-corrected chi connectivity index (χ0v) is 29.9. The highest BCUT2D eigenvalue weighted by molar-refractivity contribution is 9.10. The third kappa shape index (κ3) is 9.03. The first-order valence-electron chi connectivity index (χ1n) is 15.8. The molecule has 0 spiro atoms. The molecule has 3 amide bonds. The maximum absolute atomic E-state index is 13.6. The maximum Gasteiger partial charge on any atom is 0.341 e. The Hall–Kier alpha value is -4.19. The molecule has 3 aromatic carbocycles. The van der Waals surface area contributed by atoms with Gasteiger partial charge in [-0.3, -0.25) is 14.4 Å². The summed E-state index contributed by atoms with van der Waals surface area (Å²) in [5.74, 6) is -1.51. The zero-order valence-electron chi connectivity index (χ0n) is 26.6. The number of ether oxygens (including phenoxy) is 1. The highest BCUT2D eigenvalue weighted by Gasteiger charge is 2.29. The van der Waals surface area contributed by atoms with Gasteiger partial charge in [-0.2, -0.15) is 0 Å². The minimum absolute atomic E-state index is 0.0751. The monoisotopic (exact) mass is 745 g/mol. The lowest BCUT2D eigenvalue weighted by Gasteiger charge is -2.16. The van der Waals surface area contributed by atoms with E-state index >= 15 is 0 Å². The number of carbonyl (C=O) groups excluding carboxylic acids is 4. The molecule has 0 aliphatic heterocycles. The smallest absolute Gasteiger partial charge is 0.341 e. The van der Waals surface area contributed by atoms with Crippen LogP contribution in [0.15, 0.2) is 93.9 Å². The molecule has 0 fully saturated rings. The largest absolute Gasteiger partial charge is 0.462 e. The molecule has 3 N–H and O–H groups in total. The quantitative estimate of drug-likeness (QED) is 0.0762. The zero-order chi connectivity index (χ0) is 34.0. The SMILES string of the molecule is CCOC(=O)c1c(NC(=O)C(CC)Sc2cccc(NC(=O)/C(=C\c3ccc(Br)cc3)NC(=O)c3ccccc3)c2)sc2c1CCCC2. The number of thiophene rings is 1. The summed E-state index contributed by atoms with van der Waals surface area (Å²) in [7, 11) is 0. The Morgan fingerprint density at radius 2 is 1.69 bits per heavy atom. The van der Waals surface area contributed by atoms with Crippen molar-refractivity contribution in [2.75, 3.05) is 17.2 Å². The number of fused-ring (bicyclic) bond motifs is 1. The Kier molecular flexibility index (Phi) is 12.3. The van der Waals surface area contributed by atoms with Gasteiger partial charge in [0.1, 0.15) is 10.7 Å². The lowest BCUT2D eigenvalue weighted by atomic mass is 9.95. The summed E-state index contributed by atoms with van der Waals surface area (Å²) in [6.07, 6.45) is 5.91. The highest BCUT2D eigenvalue weighted by Crippen LogP contribution is 2.39. The number of anilines is 2. The van der Waals surface area contributed by atoms with Crippen molar-refractivity contribution in [3.8, 4) is 0 Å². The van der Waals surface area contributed by atoms with E-state index in [1.807, 2.05) is 43.3 Å². The van der Waals surface area contributed by atoms with Crippen LogP contribution in [0.5, 0.6) is 0 Å². The lowest BCUT2D eigenvalue weighted by Crippen LogP contribution is -2.30. The van der Waals surface area contributed by atoms with Crippen LogP contribution in [-0.4, -0.2) is 35.5 Å². The molecular weight excluding hydrogens is 710 g/mol. The molecule has 5 rings (SSSR count). The van der Waals surface area contributed by atoms with Gasteiger partial charge in [0.05, 0.1) is 17.4 Å². The van der Waals surface area contributed by atoms with E-state index in [4.69, 9.17) is 4.74 Å². The molecule has 1 unspecified atom stereocenters. The normalized spacial score (nSPS) is 13.2. The number of nitrogens with one attached hydrogen (secondary N) is 3.